The van der Waals surface area contributed by atoms with E-state index in [2.05, 4.69) is 10.5 Å². The number of nitrogens with two attached hydrogens (primary N) is 2. The largest absolute Gasteiger partial charge is 0.489 e. The highest BCUT2D eigenvalue weighted by molar-refractivity contribution is 8.76. The summed E-state index contributed by atoms with van der Waals surface area (Å²) in [5, 5.41) is 54.2. The highest BCUT2D eigenvalue weighted by atomic mass is 33.1. The lowest BCUT2D eigenvalue weighted by Crippen LogP contribution is -2.47. The van der Waals surface area contributed by atoms with Gasteiger partial charge in [0.15, 0.2) is 11.4 Å². The number of nitrogens with zero attached hydrogens (tertiary/aromatic N) is 1. The molecule has 1 aromatic heterocycles. The van der Waals surface area contributed by atoms with Gasteiger partial charge in [-0.05, 0) is 69.6 Å². The van der Waals surface area contributed by atoms with Crippen molar-refractivity contribution < 1.29 is 39.5 Å². The van der Waals surface area contributed by atoms with Crippen molar-refractivity contribution >= 4 is 44.2 Å². The number of fused-ring (bicyclic) bond motifs is 5. The maximum absolute atomic E-state index is 15.3. The predicted molar refractivity (Wildman–Crippen MR) is 197 cm³/mol. The quantitative estimate of drug-likeness (QED) is 0.0703. The Bertz CT molecular complexity index is 1860. The Hall–Kier alpha value is -3.18. The third-order valence-electron chi connectivity index (χ3n) is 10.8. The molecule has 0 saturated heterocycles. The number of guanidine groups is 1. The van der Waals surface area contributed by atoms with E-state index in [4.69, 9.17) is 25.4 Å². The van der Waals surface area contributed by atoms with Gasteiger partial charge in [0, 0.05) is 35.6 Å². The number of anilines is 1. The zero-order chi connectivity index (χ0) is 36.1. The minimum atomic E-state index is -1.44. The fourth-order valence-electron chi connectivity index (χ4n) is 8.30. The molecule has 0 spiro atoms. The van der Waals surface area contributed by atoms with Gasteiger partial charge in [-0.2, -0.15) is 0 Å². The number of nitrogens with one attached hydrogen (secondary N) is 1. The number of rotatable bonds is 8. The Balaban J connectivity index is 1.55. The average molecular weight is 743 g/mol. The van der Waals surface area contributed by atoms with Crippen molar-refractivity contribution in [2.75, 3.05) is 24.4 Å². The molecule has 4 aliphatic rings. The number of aliphatic hydroxyl groups is 4. The Morgan fingerprint density at radius 1 is 1.12 bits per heavy atom. The van der Waals surface area contributed by atoms with Crippen LogP contribution in [-0.4, -0.2) is 73.9 Å². The molecule has 15 heteroatoms. The molecule has 2 aliphatic heterocycles. The Morgan fingerprint density at radius 3 is 2.53 bits per heavy atom. The van der Waals surface area contributed by atoms with Crippen molar-refractivity contribution in [1.29, 1.82) is 0 Å². The highest BCUT2D eigenvalue weighted by Crippen LogP contribution is 2.60. The monoisotopic (exact) mass is 742 g/mol. The van der Waals surface area contributed by atoms with Gasteiger partial charge in [0.2, 0.25) is 0 Å². The molecule has 3 heterocycles. The van der Waals surface area contributed by atoms with Crippen LogP contribution in [0.5, 0.6) is 11.5 Å². The smallest absolute Gasteiger partial charge is 0.200 e. The molecule has 0 amide bonds. The molecule has 2 bridgehead atoms. The van der Waals surface area contributed by atoms with Crippen LogP contribution in [0.1, 0.15) is 104 Å². The third kappa shape index (κ3) is 6.66. The summed E-state index contributed by atoms with van der Waals surface area (Å²) < 4.78 is 20.4. The van der Waals surface area contributed by atoms with Gasteiger partial charge in [0.1, 0.15) is 46.0 Å². The van der Waals surface area contributed by atoms with Gasteiger partial charge in [0.05, 0.1) is 41.4 Å². The Morgan fingerprint density at radius 2 is 1.86 bits per heavy atom. The molecule has 0 radical (unpaired) electrons. The summed E-state index contributed by atoms with van der Waals surface area (Å²) in [4.78, 5) is 19.6. The van der Waals surface area contributed by atoms with Gasteiger partial charge in [-0.1, -0.05) is 33.7 Å². The predicted octanol–water partition coefficient (Wildman–Crippen LogP) is 4.14. The maximum Gasteiger partial charge on any atom is 0.200 e. The van der Waals surface area contributed by atoms with Crippen LogP contribution >= 0.6 is 21.6 Å². The summed E-state index contributed by atoms with van der Waals surface area (Å²) in [6, 6.07) is 6.84. The zero-order valence-corrected chi connectivity index (χ0v) is 30.1. The van der Waals surface area contributed by atoms with Gasteiger partial charge >= 0.3 is 0 Å². The van der Waals surface area contributed by atoms with E-state index >= 15 is 4.79 Å². The maximum atomic E-state index is 15.3. The fraction of sp³-hybridized carbons (Fsp3) is 0.556. The first-order chi connectivity index (χ1) is 24.5. The minimum absolute atomic E-state index is 0.0236. The lowest BCUT2D eigenvalue weighted by molar-refractivity contribution is -0.0727. The molecule has 276 valence electrons. The van der Waals surface area contributed by atoms with Gasteiger partial charge in [-0.15, -0.1) is 0 Å². The molecule has 6 unspecified atom stereocenters. The number of benzene rings is 2. The SMILES string of the molecule is CC1(O)CCCC2c3c(c4c5oc(c(Cc6ccc(NO)cc6)c(=O)c5c3OC3CCCC3)C(O)CC(CO)(N=C(N)N)CSSC4CO)OC21. The van der Waals surface area contributed by atoms with Crippen molar-refractivity contribution in [2.24, 2.45) is 16.5 Å². The molecule has 2 aromatic carbocycles. The van der Waals surface area contributed by atoms with E-state index in [1.807, 2.05) is 0 Å². The van der Waals surface area contributed by atoms with Crippen molar-refractivity contribution in [3.8, 4) is 11.5 Å². The molecule has 7 rings (SSSR count). The van der Waals surface area contributed by atoms with Crippen LogP contribution < -0.4 is 31.8 Å². The molecular formula is C36H46N4O9S2. The van der Waals surface area contributed by atoms with Crippen molar-refractivity contribution in [2.45, 2.75) is 105 Å². The second kappa shape index (κ2) is 14.3. The van der Waals surface area contributed by atoms with Crippen molar-refractivity contribution in [3.05, 3.63) is 62.5 Å². The number of aliphatic imine (C=N–C) groups is 1. The second-order valence-corrected chi connectivity index (χ2v) is 17.1. The van der Waals surface area contributed by atoms with E-state index < -0.39 is 40.6 Å². The second-order valence-electron chi connectivity index (χ2n) is 14.5. The lowest BCUT2D eigenvalue weighted by atomic mass is 9.74. The van der Waals surface area contributed by atoms with E-state index in [-0.39, 0.29) is 65.5 Å². The third-order valence-corrected chi connectivity index (χ3v) is 13.7. The summed E-state index contributed by atoms with van der Waals surface area (Å²) in [6.07, 6.45) is 3.34. The van der Waals surface area contributed by atoms with E-state index in [0.29, 0.717) is 46.7 Å². The van der Waals surface area contributed by atoms with E-state index in [1.54, 1.807) is 31.2 Å². The normalized spacial score (nSPS) is 29.2. The standard InChI is InChI=1S/C36H46N4O9S2/c1-35(45)12-4-7-21-25-30(49-33(21)35)26-24(15-41)51-50-17-36(16-42,39-34(37)38)14-23(43)29-22(13-18-8-10-19(40-46)11-9-18)28(44)27(32(26)48-29)31(25)47-20-5-2-3-6-20/h8-11,20-21,23-24,33,40-43,45-46H,2-7,12-17H2,1H3,(H4,37,38,39). The first kappa shape index (κ1) is 36.2. The van der Waals surface area contributed by atoms with Gasteiger partial charge in [0.25, 0.3) is 0 Å². The van der Waals surface area contributed by atoms with Crippen LogP contribution in [0, 0.1) is 0 Å². The molecule has 2 aliphatic carbocycles. The number of aliphatic hydroxyl groups excluding tert-OH is 3. The van der Waals surface area contributed by atoms with Crippen LogP contribution in [0.2, 0.25) is 0 Å². The van der Waals surface area contributed by atoms with Crippen LogP contribution in [0.4, 0.5) is 5.69 Å². The molecule has 2 fully saturated rings. The van der Waals surface area contributed by atoms with E-state index in [9.17, 15) is 25.6 Å². The topological polar surface area (TPSA) is 226 Å². The molecular weight excluding hydrogens is 697 g/mol. The molecule has 2 saturated carbocycles. The molecule has 13 nitrogen and oxygen atoms in total. The molecule has 10 N–H and O–H groups in total. The van der Waals surface area contributed by atoms with Crippen LogP contribution in [-0.2, 0) is 6.42 Å². The summed E-state index contributed by atoms with van der Waals surface area (Å²) in [7, 11) is 2.62. The first-order valence-corrected chi connectivity index (χ1v) is 19.9. The average Bonchev–Trinajstić information content (AvgIpc) is 3.76. The van der Waals surface area contributed by atoms with Crippen LogP contribution in [0.15, 0.2) is 38.5 Å². The lowest BCUT2D eigenvalue weighted by Gasteiger charge is -2.37. The Kier molecular flexibility index (Phi) is 10.2. The zero-order valence-electron chi connectivity index (χ0n) is 28.5. The number of hydrogen-bond acceptors (Lipinski definition) is 13. The Labute approximate surface area is 303 Å². The van der Waals surface area contributed by atoms with Gasteiger partial charge in [-0.3, -0.25) is 15.5 Å². The van der Waals surface area contributed by atoms with Crippen LogP contribution in [0.3, 0.4) is 0 Å². The number of hydrogen-bond donors (Lipinski definition) is 8. The minimum Gasteiger partial charge on any atom is -0.489 e. The summed E-state index contributed by atoms with van der Waals surface area (Å²) in [6.45, 7) is 0.898. The first-order valence-electron chi connectivity index (χ1n) is 17.5. The van der Waals surface area contributed by atoms with Crippen molar-refractivity contribution in [3.63, 3.8) is 0 Å². The fourth-order valence-corrected chi connectivity index (χ4v) is 11.2. The summed E-state index contributed by atoms with van der Waals surface area (Å²) >= 11 is 0. The van der Waals surface area contributed by atoms with Gasteiger partial charge < -0.3 is 45.8 Å². The summed E-state index contributed by atoms with van der Waals surface area (Å²) in [5.41, 5.74) is 13.5. The van der Waals surface area contributed by atoms with E-state index in [1.165, 1.54) is 21.6 Å². The van der Waals surface area contributed by atoms with Crippen molar-refractivity contribution in [1.82, 2.24) is 0 Å². The molecule has 6 atom stereocenters. The highest BCUT2D eigenvalue weighted by Gasteiger charge is 2.52. The van der Waals surface area contributed by atoms with Crippen LogP contribution in [0.25, 0.3) is 11.0 Å². The molecule has 51 heavy (non-hydrogen) atoms. The number of ether oxygens (including phenoxy) is 2. The molecule has 3 aromatic rings. The van der Waals surface area contributed by atoms with E-state index in [0.717, 1.165) is 32.1 Å². The summed E-state index contributed by atoms with van der Waals surface area (Å²) in [5.74, 6) is 0.394. The van der Waals surface area contributed by atoms with Gasteiger partial charge in [-0.25, -0.2) is 4.99 Å².